The first-order valence-electron chi connectivity index (χ1n) is 5.31. The Kier molecular flexibility index (Phi) is 3.89. The smallest absolute Gasteiger partial charge is 0.349 e. The Balaban J connectivity index is 2.90. The molecule has 0 spiro atoms. The molecular formula is C13H16O4. The van der Waals surface area contributed by atoms with Crippen LogP contribution in [0.5, 0.6) is 0 Å². The summed E-state index contributed by atoms with van der Waals surface area (Å²) in [5, 5.41) is 9.06. The van der Waals surface area contributed by atoms with Crippen molar-refractivity contribution in [3.63, 3.8) is 0 Å². The third-order valence-corrected chi connectivity index (χ3v) is 2.16. The van der Waals surface area contributed by atoms with Gasteiger partial charge < -0.3 is 9.84 Å². The molecule has 0 heterocycles. The van der Waals surface area contributed by atoms with Gasteiger partial charge >= 0.3 is 11.9 Å². The van der Waals surface area contributed by atoms with Crippen LogP contribution in [-0.4, -0.2) is 17.0 Å². The van der Waals surface area contributed by atoms with Gasteiger partial charge in [-0.25, -0.2) is 4.79 Å². The number of esters is 1. The molecular weight excluding hydrogens is 220 g/mol. The summed E-state index contributed by atoms with van der Waals surface area (Å²) in [6, 6.07) is 8.42. The second kappa shape index (κ2) is 4.99. The molecule has 0 bridgehead atoms. The maximum Gasteiger partial charge on any atom is 0.349 e. The van der Waals surface area contributed by atoms with E-state index < -0.39 is 23.5 Å². The fraction of sp³-hybridized carbons (Fsp3) is 0.385. The topological polar surface area (TPSA) is 63.6 Å². The minimum atomic E-state index is -1.25. The summed E-state index contributed by atoms with van der Waals surface area (Å²) < 4.78 is 5.02. The molecule has 0 aliphatic rings. The van der Waals surface area contributed by atoms with Crippen molar-refractivity contribution >= 4 is 11.9 Å². The first-order chi connectivity index (χ1) is 7.82. The van der Waals surface area contributed by atoms with Crippen molar-refractivity contribution in [3.8, 4) is 0 Å². The highest BCUT2D eigenvalue weighted by Gasteiger charge is 2.30. The lowest BCUT2D eigenvalue weighted by molar-refractivity contribution is -0.170. The second-order valence-corrected chi connectivity index (χ2v) is 4.78. The molecule has 1 aromatic carbocycles. The first-order valence-corrected chi connectivity index (χ1v) is 5.31. The minimum Gasteiger partial charge on any atom is -0.478 e. The van der Waals surface area contributed by atoms with Crippen molar-refractivity contribution in [2.75, 3.05) is 0 Å². The Bertz CT molecular complexity index is 403. The van der Waals surface area contributed by atoms with Crippen LogP contribution in [0.4, 0.5) is 0 Å². The number of carbonyl (C=O) groups excluding carboxylic acids is 1. The quantitative estimate of drug-likeness (QED) is 0.818. The summed E-state index contributed by atoms with van der Waals surface area (Å²) in [7, 11) is 0. The lowest BCUT2D eigenvalue weighted by Gasteiger charge is -2.21. The van der Waals surface area contributed by atoms with E-state index in [1.807, 2.05) is 0 Å². The Hall–Kier alpha value is -1.84. The minimum absolute atomic E-state index is 0.456. The van der Waals surface area contributed by atoms with E-state index in [4.69, 9.17) is 9.84 Å². The molecule has 0 radical (unpaired) electrons. The van der Waals surface area contributed by atoms with Gasteiger partial charge in [-0.1, -0.05) is 30.3 Å². The molecule has 17 heavy (non-hydrogen) atoms. The molecule has 0 aliphatic heterocycles. The van der Waals surface area contributed by atoms with Crippen molar-refractivity contribution in [1.29, 1.82) is 0 Å². The standard InChI is InChI=1S/C13H16O4/c1-13(2,3)12(16)17-10(11(14)15)9-7-5-4-6-8-9/h4-8,10H,1-3H3,(H,14,15). The van der Waals surface area contributed by atoms with E-state index in [1.54, 1.807) is 51.1 Å². The molecule has 0 amide bonds. The van der Waals surface area contributed by atoms with Gasteiger partial charge in [0.15, 0.2) is 0 Å². The third kappa shape index (κ3) is 3.59. The number of rotatable bonds is 3. The molecule has 0 aromatic heterocycles. The molecule has 1 atom stereocenters. The van der Waals surface area contributed by atoms with Gasteiger partial charge in [0.1, 0.15) is 0 Å². The maximum atomic E-state index is 11.7. The maximum absolute atomic E-state index is 11.7. The van der Waals surface area contributed by atoms with Gasteiger partial charge in [-0.3, -0.25) is 4.79 Å². The van der Waals surface area contributed by atoms with Crippen molar-refractivity contribution in [3.05, 3.63) is 35.9 Å². The Morgan fingerprint density at radius 3 is 2.12 bits per heavy atom. The number of carboxylic acid groups (broad SMARTS) is 1. The SMILES string of the molecule is CC(C)(C)C(=O)OC(C(=O)O)c1ccccc1. The zero-order chi connectivity index (χ0) is 13.1. The number of aliphatic carboxylic acids is 1. The van der Waals surface area contributed by atoms with Gasteiger partial charge in [-0.15, -0.1) is 0 Å². The molecule has 4 nitrogen and oxygen atoms in total. The predicted molar refractivity (Wildman–Crippen MR) is 62.4 cm³/mol. The van der Waals surface area contributed by atoms with E-state index in [0.29, 0.717) is 5.56 Å². The van der Waals surface area contributed by atoms with Crippen LogP contribution in [0.25, 0.3) is 0 Å². The molecule has 0 saturated heterocycles. The summed E-state index contributed by atoms with van der Waals surface area (Å²) in [6.45, 7) is 5.04. The van der Waals surface area contributed by atoms with Crippen molar-refractivity contribution in [2.45, 2.75) is 26.9 Å². The van der Waals surface area contributed by atoms with Crippen LogP contribution in [0.3, 0.4) is 0 Å². The summed E-state index contributed by atoms with van der Waals surface area (Å²) >= 11 is 0. The van der Waals surface area contributed by atoms with Gasteiger partial charge in [-0.05, 0) is 20.8 Å². The van der Waals surface area contributed by atoms with E-state index in [0.717, 1.165) is 0 Å². The molecule has 4 heteroatoms. The highest BCUT2D eigenvalue weighted by Crippen LogP contribution is 2.23. The number of benzene rings is 1. The van der Waals surface area contributed by atoms with Crippen LogP contribution < -0.4 is 0 Å². The van der Waals surface area contributed by atoms with Crippen molar-refractivity contribution in [1.82, 2.24) is 0 Å². The lowest BCUT2D eigenvalue weighted by Crippen LogP contribution is -2.28. The van der Waals surface area contributed by atoms with Crippen LogP contribution in [0.15, 0.2) is 30.3 Å². The molecule has 92 valence electrons. The second-order valence-electron chi connectivity index (χ2n) is 4.78. The first kappa shape index (κ1) is 13.2. The van der Waals surface area contributed by atoms with Gasteiger partial charge in [0.25, 0.3) is 0 Å². The van der Waals surface area contributed by atoms with Gasteiger partial charge in [0.05, 0.1) is 5.41 Å². The summed E-state index contributed by atoms with van der Waals surface area (Å²) in [5.74, 6) is -1.71. The number of hydrogen-bond donors (Lipinski definition) is 1. The van der Waals surface area contributed by atoms with E-state index in [-0.39, 0.29) is 0 Å². The fourth-order valence-electron chi connectivity index (χ4n) is 1.17. The molecule has 0 aliphatic carbocycles. The number of carbonyl (C=O) groups is 2. The number of ether oxygens (including phenoxy) is 1. The fourth-order valence-corrected chi connectivity index (χ4v) is 1.17. The number of hydrogen-bond acceptors (Lipinski definition) is 3. The van der Waals surface area contributed by atoms with Gasteiger partial charge in [0, 0.05) is 5.56 Å². The van der Waals surface area contributed by atoms with Crippen molar-refractivity contribution < 1.29 is 19.4 Å². The van der Waals surface area contributed by atoms with E-state index in [1.165, 1.54) is 0 Å². The Morgan fingerprint density at radius 2 is 1.71 bits per heavy atom. The van der Waals surface area contributed by atoms with Crippen LogP contribution in [0.2, 0.25) is 0 Å². The van der Waals surface area contributed by atoms with Gasteiger partial charge in [-0.2, -0.15) is 0 Å². The highest BCUT2D eigenvalue weighted by molar-refractivity contribution is 5.81. The summed E-state index contributed by atoms with van der Waals surface area (Å²) in [4.78, 5) is 22.8. The molecule has 0 saturated carbocycles. The monoisotopic (exact) mass is 236 g/mol. The summed E-state index contributed by atoms with van der Waals surface area (Å²) in [5.41, 5.74) is -0.264. The van der Waals surface area contributed by atoms with E-state index in [2.05, 4.69) is 0 Å². The lowest BCUT2D eigenvalue weighted by atomic mass is 9.97. The average molecular weight is 236 g/mol. The Labute approximate surface area is 100 Å². The largest absolute Gasteiger partial charge is 0.478 e. The van der Waals surface area contributed by atoms with Crippen LogP contribution >= 0.6 is 0 Å². The molecule has 1 unspecified atom stereocenters. The van der Waals surface area contributed by atoms with Crippen LogP contribution in [-0.2, 0) is 14.3 Å². The highest BCUT2D eigenvalue weighted by atomic mass is 16.6. The van der Waals surface area contributed by atoms with Crippen LogP contribution in [0, 0.1) is 5.41 Å². The van der Waals surface area contributed by atoms with Gasteiger partial charge in [0.2, 0.25) is 6.10 Å². The zero-order valence-electron chi connectivity index (χ0n) is 10.1. The molecule has 1 aromatic rings. The van der Waals surface area contributed by atoms with Crippen LogP contribution in [0.1, 0.15) is 32.4 Å². The van der Waals surface area contributed by atoms with E-state index in [9.17, 15) is 9.59 Å². The van der Waals surface area contributed by atoms with Crippen molar-refractivity contribution in [2.24, 2.45) is 5.41 Å². The summed E-state index contributed by atoms with van der Waals surface area (Å²) in [6.07, 6.45) is -1.25. The zero-order valence-corrected chi connectivity index (χ0v) is 10.1. The third-order valence-electron chi connectivity index (χ3n) is 2.16. The van der Waals surface area contributed by atoms with E-state index >= 15 is 0 Å². The predicted octanol–water partition coefficient (Wildman–Crippen LogP) is 2.40. The molecule has 1 rings (SSSR count). The number of carboxylic acids is 1. The normalized spacial score (nSPS) is 12.9. The molecule has 1 N–H and O–H groups in total. The Morgan fingerprint density at radius 1 is 1.18 bits per heavy atom. The molecule has 0 fully saturated rings. The average Bonchev–Trinajstić information content (AvgIpc) is 2.25.